The molecule has 0 aromatic heterocycles. The van der Waals surface area contributed by atoms with Gasteiger partial charge in [0.2, 0.25) is 0 Å². The molecule has 0 heterocycles. The second kappa shape index (κ2) is 7.81. The van der Waals surface area contributed by atoms with Gasteiger partial charge in [-0.25, -0.2) is 4.79 Å². The van der Waals surface area contributed by atoms with Gasteiger partial charge in [-0.05, 0) is 25.1 Å². The van der Waals surface area contributed by atoms with Gasteiger partial charge in [0.1, 0.15) is 6.07 Å². The van der Waals surface area contributed by atoms with Crippen LogP contribution in [0.25, 0.3) is 0 Å². The van der Waals surface area contributed by atoms with Gasteiger partial charge in [-0.3, -0.25) is 10.2 Å². The Hall–Kier alpha value is -2.52. The molecule has 0 saturated carbocycles. The molecule has 7 heteroatoms. The van der Waals surface area contributed by atoms with Crippen LogP contribution in [0.15, 0.2) is 36.0 Å². The number of halogens is 1. The molecule has 6 nitrogen and oxygen atoms in total. The van der Waals surface area contributed by atoms with Gasteiger partial charge in [0.05, 0.1) is 6.61 Å². The molecule has 0 fully saturated rings. The maximum atomic E-state index is 11.7. The summed E-state index contributed by atoms with van der Waals surface area (Å²) in [5.74, 6) is -1.22. The molecule has 0 unspecified atom stereocenters. The molecule has 0 aliphatic carbocycles. The molecule has 0 atom stereocenters. The summed E-state index contributed by atoms with van der Waals surface area (Å²) in [4.78, 5) is 23.0. The van der Waals surface area contributed by atoms with Crippen molar-refractivity contribution in [2.24, 2.45) is 0 Å². The highest BCUT2D eigenvalue weighted by atomic mass is 35.5. The van der Waals surface area contributed by atoms with Crippen molar-refractivity contribution in [3.8, 4) is 6.07 Å². The SMILES string of the molecule is CCOC(=O)/C(C#N)=C/NNC(=O)c1cccc(Cl)c1. The van der Waals surface area contributed by atoms with E-state index in [1.54, 1.807) is 31.2 Å². The summed E-state index contributed by atoms with van der Waals surface area (Å²) in [7, 11) is 0. The number of hydrazine groups is 1. The van der Waals surface area contributed by atoms with Crippen LogP contribution in [0.1, 0.15) is 17.3 Å². The number of benzene rings is 1. The van der Waals surface area contributed by atoms with E-state index in [0.717, 1.165) is 6.20 Å². The summed E-state index contributed by atoms with van der Waals surface area (Å²) in [5.41, 5.74) is 4.76. The van der Waals surface area contributed by atoms with Crippen molar-refractivity contribution in [1.29, 1.82) is 5.26 Å². The molecule has 1 rings (SSSR count). The lowest BCUT2D eigenvalue weighted by molar-refractivity contribution is -0.138. The van der Waals surface area contributed by atoms with E-state index < -0.39 is 11.9 Å². The average molecular weight is 294 g/mol. The van der Waals surface area contributed by atoms with Gasteiger partial charge in [-0.1, -0.05) is 17.7 Å². The van der Waals surface area contributed by atoms with Crippen LogP contribution in [0, 0.1) is 11.3 Å². The van der Waals surface area contributed by atoms with E-state index in [4.69, 9.17) is 16.9 Å². The highest BCUT2D eigenvalue weighted by molar-refractivity contribution is 6.30. The molecule has 0 saturated heterocycles. The number of ether oxygens (including phenoxy) is 1. The molecule has 1 aromatic rings. The number of nitrogens with zero attached hydrogens (tertiary/aromatic N) is 1. The van der Waals surface area contributed by atoms with Crippen molar-refractivity contribution in [1.82, 2.24) is 10.9 Å². The van der Waals surface area contributed by atoms with Gasteiger partial charge in [0.15, 0.2) is 5.57 Å². The zero-order valence-corrected chi connectivity index (χ0v) is 11.4. The Labute approximate surface area is 120 Å². The molecule has 104 valence electrons. The Morgan fingerprint density at radius 2 is 2.25 bits per heavy atom. The summed E-state index contributed by atoms with van der Waals surface area (Å²) < 4.78 is 4.65. The third kappa shape index (κ3) is 4.63. The quantitative estimate of drug-likeness (QED) is 0.372. The molecule has 2 N–H and O–H groups in total. The van der Waals surface area contributed by atoms with Crippen molar-refractivity contribution >= 4 is 23.5 Å². The molecule has 1 aromatic carbocycles. The second-order valence-electron chi connectivity index (χ2n) is 3.50. The Morgan fingerprint density at radius 3 is 2.85 bits per heavy atom. The van der Waals surface area contributed by atoms with Gasteiger partial charge in [0.25, 0.3) is 5.91 Å². The van der Waals surface area contributed by atoms with Crippen LogP contribution in [-0.4, -0.2) is 18.5 Å². The molecule has 1 amide bonds. The largest absolute Gasteiger partial charge is 0.462 e. The number of carbonyl (C=O) groups excluding carboxylic acids is 2. The maximum absolute atomic E-state index is 11.7. The first-order chi connectivity index (χ1) is 9.58. The molecular formula is C13H12ClN3O3. The highest BCUT2D eigenvalue weighted by Crippen LogP contribution is 2.10. The van der Waals surface area contributed by atoms with Crippen molar-refractivity contribution in [3.05, 3.63) is 46.6 Å². The summed E-state index contributed by atoms with van der Waals surface area (Å²) in [5, 5.41) is 9.18. The molecule has 0 bridgehead atoms. The molecule has 20 heavy (non-hydrogen) atoms. The van der Waals surface area contributed by atoms with Crippen molar-refractivity contribution < 1.29 is 14.3 Å². The lowest BCUT2D eigenvalue weighted by Gasteiger charge is -2.05. The lowest BCUT2D eigenvalue weighted by atomic mass is 10.2. The summed E-state index contributed by atoms with van der Waals surface area (Å²) >= 11 is 5.76. The van der Waals surface area contributed by atoms with E-state index in [1.807, 2.05) is 0 Å². The number of nitrogens with one attached hydrogen (secondary N) is 2. The van der Waals surface area contributed by atoms with Crippen LogP contribution in [0.5, 0.6) is 0 Å². The van der Waals surface area contributed by atoms with Crippen molar-refractivity contribution in [3.63, 3.8) is 0 Å². The third-order valence-corrected chi connectivity index (χ3v) is 2.34. The fraction of sp³-hybridized carbons (Fsp3) is 0.154. The first kappa shape index (κ1) is 15.5. The zero-order chi connectivity index (χ0) is 15.0. The van der Waals surface area contributed by atoms with E-state index in [9.17, 15) is 9.59 Å². The lowest BCUT2D eigenvalue weighted by Crippen LogP contribution is -2.34. The second-order valence-corrected chi connectivity index (χ2v) is 3.94. The minimum atomic E-state index is -0.764. The number of hydrogen-bond acceptors (Lipinski definition) is 5. The Balaban J connectivity index is 2.61. The first-order valence-electron chi connectivity index (χ1n) is 5.67. The fourth-order valence-corrected chi connectivity index (χ4v) is 1.41. The normalized spacial score (nSPS) is 10.3. The molecule has 0 radical (unpaired) electrons. The topological polar surface area (TPSA) is 91.2 Å². The monoisotopic (exact) mass is 293 g/mol. The number of rotatable bonds is 5. The van der Waals surface area contributed by atoms with Gasteiger partial charge >= 0.3 is 5.97 Å². The van der Waals surface area contributed by atoms with Gasteiger partial charge in [-0.2, -0.15) is 5.26 Å². The fourth-order valence-electron chi connectivity index (χ4n) is 1.22. The van der Waals surface area contributed by atoms with E-state index in [1.165, 1.54) is 6.07 Å². The van der Waals surface area contributed by atoms with Crippen LogP contribution >= 0.6 is 11.6 Å². The van der Waals surface area contributed by atoms with E-state index in [2.05, 4.69) is 15.6 Å². The predicted molar refractivity (Wildman–Crippen MR) is 72.4 cm³/mol. The van der Waals surface area contributed by atoms with Crippen LogP contribution in [0.4, 0.5) is 0 Å². The van der Waals surface area contributed by atoms with E-state index in [0.29, 0.717) is 10.6 Å². The third-order valence-electron chi connectivity index (χ3n) is 2.10. The maximum Gasteiger partial charge on any atom is 0.350 e. The highest BCUT2D eigenvalue weighted by Gasteiger charge is 2.09. The van der Waals surface area contributed by atoms with Gasteiger partial charge in [0, 0.05) is 16.8 Å². The summed E-state index contributed by atoms with van der Waals surface area (Å²) in [6.45, 7) is 1.79. The molecule has 0 aliphatic heterocycles. The van der Waals surface area contributed by atoms with Crippen LogP contribution < -0.4 is 10.9 Å². The summed E-state index contributed by atoms with van der Waals surface area (Å²) in [6, 6.07) is 7.99. The van der Waals surface area contributed by atoms with Crippen LogP contribution in [-0.2, 0) is 9.53 Å². The van der Waals surface area contributed by atoms with Crippen molar-refractivity contribution in [2.45, 2.75) is 6.92 Å². The average Bonchev–Trinajstić information content (AvgIpc) is 2.43. The van der Waals surface area contributed by atoms with Crippen LogP contribution in [0.2, 0.25) is 5.02 Å². The van der Waals surface area contributed by atoms with Gasteiger partial charge in [-0.15, -0.1) is 0 Å². The Bertz CT molecular complexity index is 578. The molecule has 0 spiro atoms. The van der Waals surface area contributed by atoms with E-state index >= 15 is 0 Å². The summed E-state index contributed by atoms with van der Waals surface area (Å²) in [6.07, 6.45) is 1.06. The number of amides is 1. The van der Waals surface area contributed by atoms with Crippen molar-refractivity contribution in [2.75, 3.05) is 6.61 Å². The Kier molecular flexibility index (Phi) is 6.07. The number of esters is 1. The number of hydrogen-bond donors (Lipinski definition) is 2. The number of nitriles is 1. The predicted octanol–water partition coefficient (Wildman–Crippen LogP) is 1.54. The molecular weight excluding hydrogens is 282 g/mol. The standard InChI is InChI=1S/C13H12ClN3O3/c1-2-20-13(19)10(7-15)8-16-17-12(18)9-4-3-5-11(14)6-9/h3-6,8,16H,2H2,1H3,(H,17,18)/b10-8+. The minimum absolute atomic E-state index is 0.159. The van der Waals surface area contributed by atoms with Gasteiger partial charge < -0.3 is 10.2 Å². The number of carbonyl (C=O) groups is 2. The molecule has 0 aliphatic rings. The smallest absolute Gasteiger partial charge is 0.350 e. The minimum Gasteiger partial charge on any atom is -0.462 e. The first-order valence-corrected chi connectivity index (χ1v) is 6.05. The Morgan fingerprint density at radius 1 is 1.50 bits per heavy atom. The van der Waals surface area contributed by atoms with Crippen LogP contribution in [0.3, 0.4) is 0 Å². The zero-order valence-electron chi connectivity index (χ0n) is 10.6. The van der Waals surface area contributed by atoms with E-state index in [-0.39, 0.29) is 12.2 Å².